The number of rotatable bonds is 4. The van der Waals surface area contributed by atoms with Crippen molar-refractivity contribution in [3.63, 3.8) is 0 Å². The molecule has 2 rings (SSSR count). The Balaban J connectivity index is 1.97. The molecule has 0 saturated heterocycles. The summed E-state index contributed by atoms with van der Waals surface area (Å²) >= 11 is 0. The highest BCUT2D eigenvalue weighted by Crippen LogP contribution is 2.10. The lowest BCUT2D eigenvalue weighted by molar-refractivity contribution is 0.532. The van der Waals surface area contributed by atoms with Crippen LogP contribution in [0.15, 0.2) is 18.5 Å². The van der Waals surface area contributed by atoms with Gasteiger partial charge in [0, 0.05) is 43.2 Å². The maximum atomic E-state index is 4.35. The first-order valence-corrected chi connectivity index (χ1v) is 5.84. The summed E-state index contributed by atoms with van der Waals surface area (Å²) in [6, 6.07) is 2.44. The van der Waals surface area contributed by atoms with E-state index in [0.717, 1.165) is 18.1 Å². The predicted octanol–water partition coefficient (Wildman–Crippen LogP) is 2.12. The van der Waals surface area contributed by atoms with Crippen molar-refractivity contribution in [3.05, 3.63) is 29.7 Å². The molecule has 0 radical (unpaired) electrons. The van der Waals surface area contributed by atoms with Crippen molar-refractivity contribution in [2.45, 2.75) is 33.4 Å². The molecule has 1 N–H and O–H groups in total. The highest BCUT2D eigenvalue weighted by molar-refractivity contribution is 5.36. The lowest BCUT2D eigenvalue weighted by Gasteiger charge is -2.03. The van der Waals surface area contributed by atoms with Crippen molar-refractivity contribution < 1.29 is 0 Å². The van der Waals surface area contributed by atoms with Gasteiger partial charge in [0.25, 0.3) is 0 Å². The van der Waals surface area contributed by atoms with Gasteiger partial charge in [-0.15, -0.1) is 0 Å². The molecule has 0 saturated carbocycles. The first-order valence-electron chi connectivity index (χ1n) is 5.84. The average Bonchev–Trinajstić information content (AvgIpc) is 2.84. The minimum Gasteiger partial charge on any atom is -0.364 e. The number of anilines is 1. The van der Waals surface area contributed by atoms with Gasteiger partial charge in [0.05, 0.1) is 6.20 Å². The van der Waals surface area contributed by atoms with E-state index in [1.165, 1.54) is 5.56 Å². The minimum absolute atomic E-state index is 0.404. The molecule has 0 amide bonds. The molecule has 0 aliphatic heterocycles. The van der Waals surface area contributed by atoms with E-state index in [-0.39, 0.29) is 0 Å². The van der Waals surface area contributed by atoms with E-state index < -0.39 is 0 Å². The van der Waals surface area contributed by atoms with Gasteiger partial charge in [-0.1, -0.05) is 0 Å². The van der Waals surface area contributed by atoms with Crippen LogP contribution >= 0.6 is 0 Å². The van der Waals surface area contributed by atoms with Crippen molar-refractivity contribution >= 4 is 5.82 Å². The molecule has 5 nitrogen and oxygen atoms in total. The van der Waals surface area contributed by atoms with Gasteiger partial charge in [-0.25, -0.2) is 0 Å². The molecule has 17 heavy (non-hydrogen) atoms. The van der Waals surface area contributed by atoms with E-state index in [1.54, 1.807) is 0 Å². The first-order chi connectivity index (χ1) is 8.06. The molecule has 92 valence electrons. The van der Waals surface area contributed by atoms with Crippen LogP contribution in [0.5, 0.6) is 0 Å². The molecule has 0 bridgehead atoms. The van der Waals surface area contributed by atoms with Crippen molar-refractivity contribution in [3.8, 4) is 0 Å². The van der Waals surface area contributed by atoms with Crippen molar-refractivity contribution in [2.24, 2.45) is 7.05 Å². The van der Waals surface area contributed by atoms with E-state index in [4.69, 9.17) is 0 Å². The Morgan fingerprint density at radius 1 is 1.41 bits per heavy atom. The zero-order valence-corrected chi connectivity index (χ0v) is 10.8. The highest BCUT2D eigenvalue weighted by atomic mass is 15.3. The molecule has 2 aromatic heterocycles. The smallest absolute Gasteiger partial charge is 0.148 e. The van der Waals surface area contributed by atoms with Crippen LogP contribution in [0.3, 0.4) is 0 Å². The van der Waals surface area contributed by atoms with Crippen molar-refractivity contribution in [2.75, 3.05) is 5.32 Å². The summed E-state index contributed by atoms with van der Waals surface area (Å²) in [5, 5.41) is 11.9. The fourth-order valence-electron chi connectivity index (χ4n) is 1.59. The molecule has 5 heteroatoms. The maximum Gasteiger partial charge on any atom is 0.148 e. The Kier molecular flexibility index (Phi) is 3.17. The van der Waals surface area contributed by atoms with Crippen molar-refractivity contribution in [1.82, 2.24) is 19.6 Å². The first kappa shape index (κ1) is 11.7. The normalized spacial score (nSPS) is 11.1. The molecule has 2 heterocycles. The van der Waals surface area contributed by atoms with Crippen LogP contribution in [0.4, 0.5) is 5.82 Å². The number of nitrogens with one attached hydrogen (secondary N) is 1. The second kappa shape index (κ2) is 4.61. The molecule has 0 aliphatic rings. The molecule has 0 aromatic carbocycles. The lowest BCUT2D eigenvalue weighted by atomic mass is 10.3. The predicted molar refractivity (Wildman–Crippen MR) is 67.9 cm³/mol. The van der Waals surface area contributed by atoms with E-state index in [9.17, 15) is 0 Å². The van der Waals surface area contributed by atoms with Gasteiger partial charge in [0.15, 0.2) is 0 Å². The van der Waals surface area contributed by atoms with Crippen LogP contribution in [0, 0.1) is 6.92 Å². The summed E-state index contributed by atoms with van der Waals surface area (Å²) in [6.07, 6.45) is 3.95. The summed E-state index contributed by atoms with van der Waals surface area (Å²) in [7, 11) is 1.94. The van der Waals surface area contributed by atoms with Crippen molar-refractivity contribution in [1.29, 1.82) is 0 Å². The van der Waals surface area contributed by atoms with E-state index in [1.807, 2.05) is 35.6 Å². The standard InChI is InChI=1S/C12H19N5/c1-9(2)17-8-11(7-14-17)6-13-12-5-10(3)16(4)15-12/h5,7-9H,6H2,1-4H3,(H,13,15). The summed E-state index contributed by atoms with van der Waals surface area (Å²) in [5.41, 5.74) is 2.31. The maximum absolute atomic E-state index is 4.35. The third-order valence-corrected chi connectivity index (χ3v) is 2.77. The van der Waals surface area contributed by atoms with Gasteiger partial charge in [-0.2, -0.15) is 10.2 Å². The SMILES string of the molecule is Cc1cc(NCc2cnn(C(C)C)c2)nn1C. The molecule has 0 spiro atoms. The Morgan fingerprint density at radius 3 is 2.71 bits per heavy atom. The summed E-state index contributed by atoms with van der Waals surface area (Å²) in [6.45, 7) is 7.02. The van der Waals surface area contributed by atoms with Crippen LogP contribution in [-0.4, -0.2) is 19.6 Å². The monoisotopic (exact) mass is 233 g/mol. The molecule has 0 fully saturated rings. The van der Waals surface area contributed by atoms with Gasteiger partial charge < -0.3 is 5.32 Å². The Morgan fingerprint density at radius 2 is 2.18 bits per heavy atom. The zero-order valence-electron chi connectivity index (χ0n) is 10.8. The summed E-state index contributed by atoms with van der Waals surface area (Å²) < 4.78 is 3.82. The molecule has 0 atom stereocenters. The topological polar surface area (TPSA) is 47.7 Å². The van der Waals surface area contributed by atoms with Crippen LogP contribution in [0.25, 0.3) is 0 Å². The second-order valence-corrected chi connectivity index (χ2v) is 4.57. The minimum atomic E-state index is 0.404. The fraction of sp³-hybridized carbons (Fsp3) is 0.500. The summed E-state index contributed by atoms with van der Waals surface area (Å²) in [5.74, 6) is 0.905. The Bertz CT molecular complexity index is 475. The van der Waals surface area contributed by atoms with Crippen LogP contribution in [-0.2, 0) is 13.6 Å². The Hall–Kier alpha value is -1.78. The van der Waals surface area contributed by atoms with E-state index >= 15 is 0 Å². The number of aryl methyl sites for hydroxylation is 2. The van der Waals surface area contributed by atoms with Crippen LogP contribution < -0.4 is 5.32 Å². The molecular weight excluding hydrogens is 214 g/mol. The second-order valence-electron chi connectivity index (χ2n) is 4.57. The zero-order chi connectivity index (χ0) is 12.4. The molecule has 0 aliphatic carbocycles. The highest BCUT2D eigenvalue weighted by Gasteiger charge is 2.03. The third-order valence-electron chi connectivity index (χ3n) is 2.77. The third kappa shape index (κ3) is 2.67. The molecule has 2 aromatic rings. The number of nitrogens with zero attached hydrogens (tertiary/aromatic N) is 4. The summed E-state index contributed by atoms with van der Waals surface area (Å²) in [4.78, 5) is 0. The number of hydrogen-bond acceptors (Lipinski definition) is 3. The van der Waals surface area contributed by atoms with E-state index in [0.29, 0.717) is 6.04 Å². The number of aromatic nitrogens is 4. The van der Waals surface area contributed by atoms with Gasteiger partial charge in [-0.3, -0.25) is 9.36 Å². The Labute approximate surface area is 101 Å². The molecular formula is C12H19N5. The average molecular weight is 233 g/mol. The number of hydrogen-bond donors (Lipinski definition) is 1. The van der Waals surface area contributed by atoms with Crippen LogP contribution in [0.1, 0.15) is 31.1 Å². The van der Waals surface area contributed by atoms with Crippen LogP contribution in [0.2, 0.25) is 0 Å². The van der Waals surface area contributed by atoms with Gasteiger partial charge in [-0.05, 0) is 20.8 Å². The fourth-order valence-corrected chi connectivity index (χ4v) is 1.59. The van der Waals surface area contributed by atoms with Gasteiger partial charge >= 0.3 is 0 Å². The molecule has 0 unspecified atom stereocenters. The largest absolute Gasteiger partial charge is 0.364 e. The van der Waals surface area contributed by atoms with E-state index in [2.05, 4.69) is 35.6 Å². The lowest BCUT2D eigenvalue weighted by Crippen LogP contribution is -2.01. The quantitative estimate of drug-likeness (QED) is 0.880. The van der Waals surface area contributed by atoms with Gasteiger partial charge in [0.1, 0.15) is 5.82 Å². The van der Waals surface area contributed by atoms with Gasteiger partial charge in [0.2, 0.25) is 0 Å².